The Labute approximate surface area is 423 Å². The summed E-state index contributed by atoms with van der Waals surface area (Å²) in [6.45, 7) is 2.72. The molecule has 9 N–H and O–H groups in total. The van der Waals surface area contributed by atoms with Gasteiger partial charge < -0.3 is 65.1 Å². The minimum atomic E-state index is -1.79. The van der Waals surface area contributed by atoms with Crippen LogP contribution in [0, 0.1) is 0 Å². The molecule has 2 rings (SSSR count). The highest BCUT2D eigenvalue weighted by atomic mass is 16.7. The summed E-state index contributed by atoms with van der Waals surface area (Å²) >= 11 is 0. The molecule has 0 aromatic carbocycles. The van der Waals surface area contributed by atoms with Crippen molar-refractivity contribution in [3.05, 3.63) is 48.6 Å². The Bertz CT molecular complexity index is 1360. The van der Waals surface area contributed by atoms with E-state index in [-0.39, 0.29) is 18.9 Å². The summed E-state index contributed by atoms with van der Waals surface area (Å²) in [5.74, 6) is -0.247. The summed E-state index contributed by atoms with van der Waals surface area (Å²) in [7, 11) is 0. The zero-order chi connectivity index (χ0) is 51.0. The summed E-state index contributed by atoms with van der Waals surface area (Å²) in [6, 6.07) is -0.851. The van der Waals surface area contributed by atoms with Gasteiger partial charge in [-0.15, -0.1) is 0 Å². The number of allylic oxidation sites excluding steroid dienone is 8. The first-order valence-corrected chi connectivity index (χ1v) is 27.9. The lowest BCUT2D eigenvalue weighted by Crippen LogP contribution is -2.65. The number of aliphatic hydroxyl groups is 8. The molecule has 0 spiro atoms. The molecule has 12 unspecified atom stereocenters. The van der Waals surface area contributed by atoms with E-state index >= 15 is 0 Å². The molecule has 70 heavy (non-hydrogen) atoms. The van der Waals surface area contributed by atoms with Crippen LogP contribution in [0.1, 0.15) is 206 Å². The molecule has 2 aliphatic heterocycles. The van der Waals surface area contributed by atoms with Crippen LogP contribution in [0.15, 0.2) is 48.6 Å². The van der Waals surface area contributed by atoms with Crippen LogP contribution in [0.3, 0.4) is 0 Å². The maximum absolute atomic E-state index is 13.2. The molecule has 2 heterocycles. The van der Waals surface area contributed by atoms with Crippen LogP contribution < -0.4 is 5.32 Å². The molecular formula is C56H101NO13. The van der Waals surface area contributed by atoms with Crippen molar-refractivity contribution < 1.29 is 64.6 Å². The third kappa shape index (κ3) is 28.4. The number of ether oxygens (including phenoxy) is 4. The number of aliphatic hydroxyl groups excluding tert-OH is 8. The van der Waals surface area contributed by atoms with Gasteiger partial charge in [0, 0.05) is 6.42 Å². The van der Waals surface area contributed by atoms with Gasteiger partial charge in [-0.3, -0.25) is 4.79 Å². The summed E-state index contributed by atoms with van der Waals surface area (Å²) in [5.41, 5.74) is 0. The van der Waals surface area contributed by atoms with Gasteiger partial charge in [-0.05, 0) is 51.4 Å². The Balaban J connectivity index is 1.79. The van der Waals surface area contributed by atoms with Crippen LogP contribution in [0.25, 0.3) is 0 Å². The number of hydrogen-bond acceptors (Lipinski definition) is 13. The minimum Gasteiger partial charge on any atom is -0.394 e. The fraction of sp³-hybridized carbons (Fsp3) is 0.839. The van der Waals surface area contributed by atoms with Crippen LogP contribution in [-0.4, -0.2) is 140 Å². The van der Waals surface area contributed by atoms with Gasteiger partial charge in [0.15, 0.2) is 12.6 Å². The maximum Gasteiger partial charge on any atom is 0.220 e. The van der Waals surface area contributed by atoms with E-state index in [1.807, 2.05) is 0 Å². The van der Waals surface area contributed by atoms with Gasteiger partial charge in [-0.1, -0.05) is 197 Å². The van der Waals surface area contributed by atoms with Crippen molar-refractivity contribution in [3.8, 4) is 0 Å². The number of amides is 1. The Morgan fingerprint density at radius 1 is 0.529 bits per heavy atom. The third-order valence-corrected chi connectivity index (χ3v) is 13.6. The molecule has 0 aromatic heterocycles. The number of unbranched alkanes of at least 4 members (excludes halogenated alkanes) is 22. The maximum atomic E-state index is 13.2. The lowest BCUT2D eigenvalue weighted by molar-refractivity contribution is -0.359. The standard InChI is InChI=1S/C56H101NO13/c1-3-5-7-9-11-13-15-17-19-20-21-22-23-24-26-27-29-31-33-35-37-39-45(60)44(57-48(61)40-38-36-34-32-30-28-25-18-16-14-12-10-8-6-4-2)43-67-55-53(66)51(64)54(47(42-59)69-55)70-56-52(65)50(63)49(62)46(41-58)68-56/h6,8,12,14,18,25,30,32,44-47,49-56,58-60,62-66H,3-5,7,9-11,13,15-17,19-24,26-29,31,33-43H2,1-2H3,(H,57,61)/b8-6-,14-12-,25-18-,32-30-. The van der Waals surface area contributed by atoms with E-state index in [1.165, 1.54) is 109 Å². The lowest BCUT2D eigenvalue weighted by Gasteiger charge is -2.46. The monoisotopic (exact) mass is 996 g/mol. The van der Waals surface area contributed by atoms with E-state index in [9.17, 15) is 45.6 Å². The van der Waals surface area contributed by atoms with E-state index in [0.717, 1.165) is 64.2 Å². The first kappa shape index (κ1) is 64.1. The molecule has 12 atom stereocenters. The molecule has 0 radical (unpaired) electrons. The predicted molar refractivity (Wildman–Crippen MR) is 277 cm³/mol. The lowest BCUT2D eigenvalue weighted by atomic mass is 9.97. The highest BCUT2D eigenvalue weighted by molar-refractivity contribution is 5.76. The smallest absolute Gasteiger partial charge is 0.220 e. The van der Waals surface area contributed by atoms with Gasteiger partial charge in [-0.25, -0.2) is 0 Å². The second-order valence-electron chi connectivity index (χ2n) is 19.7. The molecular weight excluding hydrogens is 895 g/mol. The molecule has 0 aromatic rings. The quantitative estimate of drug-likeness (QED) is 0.0207. The van der Waals surface area contributed by atoms with Gasteiger partial charge in [0.25, 0.3) is 0 Å². The van der Waals surface area contributed by atoms with Gasteiger partial charge in [0.1, 0.15) is 48.8 Å². The zero-order valence-electron chi connectivity index (χ0n) is 43.5. The average Bonchev–Trinajstić information content (AvgIpc) is 3.36. The van der Waals surface area contributed by atoms with Crippen molar-refractivity contribution in [1.29, 1.82) is 0 Å². The highest BCUT2D eigenvalue weighted by Crippen LogP contribution is 2.30. The van der Waals surface area contributed by atoms with Crippen molar-refractivity contribution in [2.24, 2.45) is 0 Å². The Hall–Kier alpha value is -2.05. The normalized spacial score (nSPS) is 26.3. The molecule has 0 saturated carbocycles. The summed E-state index contributed by atoms with van der Waals surface area (Å²) in [5, 5.41) is 87.1. The largest absolute Gasteiger partial charge is 0.394 e. The first-order chi connectivity index (χ1) is 34.1. The molecule has 2 fully saturated rings. The Morgan fingerprint density at radius 3 is 1.49 bits per heavy atom. The number of carbonyl (C=O) groups excluding carboxylic acids is 1. The second-order valence-corrected chi connectivity index (χ2v) is 19.7. The van der Waals surface area contributed by atoms with Crippen molar-refractivity contribution in [2.45, 2.75) is 280 Å². The van der Waals surface area contributed by atoms with Gasteiger partial charge >= 0.3 is 0 Å². The number of rotatable bonds is 43. The molecule has 14 heteroatoms. The summed E-state index contributed by atoms with van der Waals surface area (Å²) < 4.78 is 22.8. The van der Waals surface area contributed by atoms with Gasteiger partial charge in [0.2, 0.25) is 5.91 Å². The van der Waals surface area contributed by atoms with E-state index in [4.69, 9.17) is 18.9 Å². The fourth-order valence-electron chi connectivity index (χ4n) is 9.05. The fourth-order valence-corrected chi connectivity index (χ4v) is 9.05. The topological polar surface area (TPSA) is 228 Å². The Morgan fingerprint density at radius 2 is 0.986 bits per heavy atom. The number of hydrogen-bond donors (Lipinski definition) is 9. The molecule has 408 valence electrons. The van der Waals surface area contributed by atoms with Crippen molar-refractivity contribution in [3.63, 3.8) is 0 Å². The number of carbonyl (C=O) groups is 1. The molecule has 1 amide bonds. The van der Waals surface area contributed by atoms with Crippen molar-refractivity contribution in [1.82, 2.24) is 5.32 Å². The SMILES string of the molecule is CC/C=C\C/C=C\C/C=C\C/C=C\CCCCC(=O)NC(COC1OC(CO)C(OC2OC(CO)C(O)C(O)C2O)C(O)C1O)C(O)CCCCCCCCCCCCCCCCCCCCCCC. The number of nitrogens with one attached hydrogen (secondary N) is 1. The van der Waals surface area contributed by atoms with Crippen LogP contribution in [0.5, 0.6) is 0 Å². The average molecular weight is 996 g/mol. The second kappa shape index (κ2) is 42.3. The van der Waals surface area contributed by atoms with E-state index < -0.39 is 86.8 Å². The van der Waals surface area contributed by atoms with Crippen molar-refractivity contribution >= 4 is 5.91 Å². The molecule has 0 aliphatic carbocycles. The van der Waals surface area contributed by atoms with E-state index in [0.29, 0.717) is 12.8 Å². The van der Waals surface area contributed by atoms with Crippen LogP contribution in [0.4, 0.5) is 0 Å². The third-order valence-electron chi connectivity index (χ3n) is 13.6. The predicted octanol–water partition coefficient (Wildman–Crippen LogP) is 8.44. The van der Waals surface area contributed by atoms with E-state index in [2.05, 4.69) is 67.8 Å². The van der Waals surface area contributed by atoms with Crippen LogP contribution in [0.2, 0.25) is 0 Å². The molecule has 2 aliphatic rings. The minimum absolute atomic E-state index is 0.247. The molecule has 0 bridgehead atoms. The first-order valence-electron chi connectivity index (χ1n) is 27.9. The van der Waals surface area contributed by atoms with Gasteiger partial charge in [0.05, 0.1) is 32.0 Å². The molecule has 2 saturated heterocycles. The molecule has 14 nitrogen and oxygen atoms in total. The Kier molecular flexibility index (Phi) is 38.7. The summed E-state index contributed by atoms with van der Waals surface area (Å²) in [4.78, 5) is 13.2. The van der Waals surface area contributed by atoms with E-state index in [1.54, 1.807) is 0 Å². The van der Waals surface area contributed by atoms with Crippen LogP contribution >= 0.6 is 0 Å². The zero-order valence-corrected chi connectivity index (χ0v) is 43.5. The van der Waals surface area contributed by atoms with Gasteiger partial charge in [-0.2, -0.15) is 0 Å². The van der Waals surface area contributed by atoms with Crippen molar-refractivity contribution in [2.75, 3.05) is 19.8 Å². The highest BCUT2D eigenvalue weighted by Gasteiger charge is 2.51. The van der Waals surface area contributed by atoms with Crippen LogP contribution in [-0.2, 0) is 23.7 Å². The summed E-state index contributed by atoms with van der Waals surface area (Å²) in [6.07, 6.45) is 34.0.